The lowest BCUT2D eigenvalue weighted by Crippen LogP contribution is -2.13. The SMILES string of the molecule is CSc1ncc(/C(N)=N\O)cc1Cl. The normalized spacial score (nSPS) is 11.7. The third kappa shape index (κ3) is 2.26. The van der Waals surface area contributed by atoms with Gasteiger partial charge in [0.15, 0.2) is 5.84 Å². The van der Waals surface area contributed by atoms with Crippen molar-refractivity contribution in [2.45, 2.75) is 5.03 Å². The third-order valence-electron chi connectivity index (χ3n) is 1.40. The number of halogens is 1. The molecule has 0 amide bonds. The maximum Gasteiger partial charge on any atom is 0.171 e. The minimum absolute atomic E-state index is 0.00190. The zero-order valence-electron chi connectivity index (χ0n) is 6.86. The quantitative estimate of drug-likeness (QED) is 0.259. The topological polar surface area (TPSA) is 71.5 Å². The highest BCUT2D eigenvalue weighted by molar-refractivity contribution is 7.98. The molecule has 0 radical (unpaired) electrons. The Morgan fingerprint density at radius 3 is 2.92 bits per heavy atom. The molecular formula is C7H8ClN3OS. The molecule has 0 unspecified atom stereocenters. The van der Waals surface area contributed by atoms with Gasteiger partial charge < -0.3 is 10.9 Å². The van der Waals surface area contributed by atoms with Crippen LogP contribution in [0.4, 0.5) is 0 Å². The van der Waals surface area contributed by atoms with E-state index in [2.05, 4.69) is 10.1 Å². The summed E-state index contributed by atoms with van der Waals surface area (Å²) in [6.07, 6.45) is 3.38. The molecule has 1 rings (SSSR count). The summed E-state index contributed by atoms with van der Waals surface area (Å²) in [6.45, 7) is 0. The van der Waals surface area contributed by atoms with Crippen molar-refractivity contribution in [3.8, 4) is 0 Å². The van der Waals surface area contributed by atoms with E-state index in [0.717, 1.165) is 5.03 Å². The fourth-order valence-electron chi connectivity index (χ4n) is 0.773. The minimum atomic E-state index is 0.00190. The van der Waals surface area contributed by atoms with E-state index < -0.39 is 0 Å². The molecule has 0 fully saturated rings. The molecule has 1 heterocycles. The Balaban J connectivity index is 3.10. The largest absolute Gasteiger partial charge is 0.409 e. The number of pyridine rings is 1. The number of amidine groups is 1. The van der Waals surface area contributed by atoms with E-state index in [1.54, 1.807) is 6.07 Å². The molecule has 13 heavy (non-hydrogen) atoms. The number of rotatable bonds is 2. The lowest BCUT2D eigenvalue weighted by Gasteiger charge is -2.01. The number of hydrogen-bond acceptors (Lipinski definition) is 4. The first-order valence-electron chi connectivity index (χ1n) is 3.36. The second-order valence-corrected chi connectivity index (χ2v) is 3.40. The zero-order chi connectivity index (χ0) is 9.84. The van der Waals surface area contributed by atoms with Crippen LogP contribution in [-0.2, 0) is 0 Å². The molecule has 3 N–H and O–H groups in total. The molecule has 6 heteroatoms. The standard InChI is InChI=1S/C7H8ClN3OS/c1-13-7-5(8)2-4(3-10-7)6(9)11-12/h2-3,12H,1H3,(H2,9,11). The van der Waals surface area contributed by atoms with Gasteiger partial charge in [-0.2, -0.15) is 0 Å². The third-order valence-corrected chi connectivity index (χ3v) is 2.52. The highest BCUT2D eigenvalue weighted by atomic mass is 35.5. The zero-order valence-corrected chi connectivity index (χ0v) is 8.43. The van der Waals surface area contributed by atoms with E-state index >= 15 is 0 Å². The number of thioether (sulfide) groups is 1. The maximum absolute atomic E-state index is 8.39. The molecule has 0 aliphatic heterocycles. The Hall–Kier alpha value is -0.940. The smallest absolute Gasteiger partial charge is 0.171 e. The Morgan fingerprint density at radius 2 is 2.46 bits per heavy atom. The van der Waals surface area contributed by atoms with Gasteiger partial charge >= 0.3 is 0 Å². The van der Waals surface area contributed by atoms with Crippen LogP contribution >= 0.6 is 23.4 Å². The van der Waals surface area contributed by atoms with Crippen molar-refractivity contribution in [3.63, 3.8) is 0 Å². The van der Waals surface area contributed by atoms with Crippen molar-refractivity contribution in [1.82, 2.24) is 4.98 Å². The molecular weight excluding hydrogens is 210 g/mol. The molecule has 0 saturated carbocycles. The molecule has 1 aromatic heterocycles. The molecule has 0 aliphatic carbocycles. The minimum Gasteiger partial charge on any atom is -0.409 e. The fourth-order valence-corrected chi connectivity index (χ4v) is 1.58. The van der Waals surface area contributed by atoms with Gasteiger partial charge in [-0.15, -0.1) is 11.8 Å². The first kappa shape index (κ1) is 10.1. The van der Waals surface area contributed by atoms with Gasteiger partial charge in [0.05, 0.1) is 5.02 Å². The summed E-state index contributed by atoms with van der Waals surface area (Å²) in [5.41, 5.74) is 5.85. The van der Waals surface area contributed by atoms with Gasteiger partial charge in [0.1, 0.15) is 5.03 Å². The Morgan fingerprint density at radius 1 is 1.77 bits per heavy atom. The van der Waals surface area contributed by atoms with Gasteiger partial charge in [0, 0.05) is 11.8 Å². The lowest BCUT2D eigenvalue weighted by molar-refractivity contribution is 0.318. The van der Waals surface area contributed by atoms with E-state index in [9.17, 15) is 0 Å². The number of oxime groups is 1. The van der Waals surface area contributed by atoms with Gasteiger partial charge in [-0.3, -0.25) is 0 Å². The van der Waals surface area contributed by atoms with Crippen LogP contribution < -0.4 is 5.73 Å². The van der Waals surface area contributed by atoms with Gasteiger partial charge in [0.25, 0.3) is 0 Å². The Bertz CT molecular complexity index is 343. The number of nitrogens with zero attached hydrogens (tertiary/aromatic N) is 2. The van der Waals surface area contributed by atoms with Gasteiger partial charge in [-0.25, -0.2) is 4.98 Å². The van der Waals surface area contributed by atoms with Crippen LogP contribution in [-0.4, -0.2) is 22.3 Å². The molecule has 4 nitrogen and oxygen atoms in total. The molecule has 0 bridgehead atoms. The van der Waals surface area contributed by atoms with Crippen molar-refractivity contribution in [1.29, 1.82) is 0 Å². The van der Waals surface area contributed by atoms with Crippen LogP contribution in [0.3, 0.4) is 0 Å². The molecule has 1 aromatic rings. The maximum atomic E-state index is 8.39. The highest BCUT2D eigenvalue weighted by Gasteiger charge is 2.04. The van der Waals surface area contributed by atoms with Crippen LogP contribution in [0.5, 0.6) is 0 Å². The second-order valence-electron chi connectivity index (χ2n) is 2.20. The summed E-state index contributed by atoms with van der Waals surface area (Å²) in [5, 5.41) is 12.5. The summed E-state index contributed by atoms with van der Waals surface area (Å²) >= 11 is 7.29. The van der Waals surface area contributed by atoms with Crippen LogP contribution in [0, 0.1) is 0 Å². The first-order valence-corrected chi connectivity index (χ1v) is 4.96. The van der Waals surface area contributed by atoms with Crippen LogP contribution in [0.2, 0.25) is 5.02 Å². The van der Waals surface area contributed by atoms with Crippen LogP contribution in [0.25, 0.3) is 0 Å². The lowest BCUT2D eigenvalue weighted by atomic mass is 10.3. The van der Waals surface area contributed by atoms with Crippen molar-refractivity contribution in [3.05, 3.63) is 22.8 Å². The summed E-state index contributed by atoms with van der Waals surface area (Å²) < 4.78 is 0. The average molecular weight is 218 g/mol. The monoisotopic (exact) mass is 217 g/mol. The van der Waals surface area contributed by atoms with E-state index in [1.807, 2.05) is 6.26 Å². The van der Waals surface area contributed by atoms with E-state index in [4.69, 9.17) is 22.5 Å². The highest BCUT2D eigenvalue weighted by Crippen LogP contribution is 2.22. The summed E-state index contributed by atoms with van der Waals surface area (Å²) in [4.78, 5) is 4.02. The average Bonchev–Trinajstić information content (AvgIpc) is 2.16. The number of aromatic nitrogens is 1. The van der Waals surface area contributed by atoms with Crippen molar-refractivity contribution < 1.29 is 5.21 Å². The van der Waals surface area contributed by atoms with E-state index in [0.29, 0.717) is 10.6 Å². The summed E-state index contributed by atoms with van der Waals surface area (Å²) in [7, 11) is 0. The predicted octanol–water partition coefficient (Wildman–Crippen LogP) is 1.55. The van der Waals surface area contributed by atoms with Crippen molar-refractivity contribution >= 4 is 29.2 Å². The Labute approximate surface area is 84.8 Å². The predicted molar refractivity (Wildman–Crippen MR) is 53.5 cm³/mol. The van der Waals surface area contributed by atoms with Gasteiger partial charge in [-0.05, 0) is 12.3 Å². The molecule has 0 aromatic carbocycles. The summed E-state index contributed by atoms with van der Waals surface area (Å²) in [5.74, 6) is 0.00190. The number of nitrogens with two attached hydrogens (primary N) is 1. The molecule has 0 spiro atoms. The molecule has 70 valence electrons. The van der Waals surface area contributed by atoms with Crippen molar-refractivity contribution in [2.24, 2.45) is 10.9 Å². The van der Waals surface area contributed by atoms with E-state index in [1.165, 1.54) is 18.0 Å². The molecule has 0 aliphatic rings. The first-order chi connectivity index (χ1) is 6.19. The second kappa shape index (κ2) is 4.34. The van der Waals surface area contributed by atoms with Crippen LogP contribution in [0.1, 0.15) is 5.56 Å². The molecule has 0 atom stereocenters. The van der Waals surface area contributed by atoms with Gasteiger partial charge in [-0.1, -0.05) is 16.8 Å². The fraction of sp³-hybridized carbons (Fsp3) is 0.143. The number of hydrogen-bond donors (Lipinski definition) is 2. The van der Waals surface area contributed by atoms with E-state index in [-0.39, 0.29) is 5.84 Å². The summed E-state index contributed by atoms with van der Waals surface area (Å²) in [6, 6.07) is 1.61. The van der Waals surface area contributed by atoms with Crippen molar-refractivity contribution in [2.75, 3.05) is 6.26 Å². The molecule has 0 saturated heterocycles. The Kier molecular flexibility index (Phi) is 3.39. The van der Waals surface area contributed by atoms with Crippen LogP contribution in [0.15, 0.2) is 22.4 Å². The van der Waals surface area contributed by atoms with Gasteiger partial charge in [0.2, 0.25) is 0 Å².